The van der Waals surface area contributed by atoms with E-state index in [1.54, 1.807) is 36.3 Å². The van der Waals surface area contributed by atoms with Gasteiger partial charge in [0.05, 0.1) is 19.6 Å². The van der Waals surface area contributed by atoms with Crippen LogP contribution >= 0.6 is 12.2 Å². The SMILES string of the molecule is COc1ccc(CN(CCC#N)C(=S)NC(=O)c2ccccc2)cc1. The molecular formula is C19H19N3O2S. The van der Waals surface area contributed by atoms with E-state index in [9.17, 15) is 4.79 Å². The van der Waals surface area contributed by atoms with Crippen LogP contribution < -0.4 is 10.1 Å². The molecule has 0 saturated heterocycles. The second-order valence-electron chi connectivity index (χ2n) is 5.30. The van der Waals surface area contributed by atoms with Crippen LogP contribution in [-0.2, 0) is 6.54 Å². The summed E-state index contributed by atoms with van der Waals surface area (Å²) >= 11 is 5.37. The molecule has 0 aliphatic carbocycles. The van der Waals surface area contributed by atoms with Crippen LogP contribution in [0.25, 0.3) is 0 Å². The standard InChI is InChI=1S/C19H19N3O2S/c1-24-17-10-8-15(9-11-17)14-22(13-5-12-20)19(25)21-18(23)16-6-3-2-4-7-16/h2-4,6-11H,5,13-14H2,1H3,(H,21,23,25). The van der Waals surface area contributed by atoms with Gasteiger partial charge in [-0.2, -0.15) is 5.26 Å². The zero-order valence-corrected chi connectivity index (χ0v) is 14.8. The largest absolute Gasteiger partial charge is 0.497 e. The highest BCUT2D eigenvalue weighted by Gasteiger charge is 2.14. The number of hydrogen-bond acceptors (Lipinski definition) is 4. The Kier molecular flexibility index (Phi) is 6.93. The van der Waals surface area contributed by atoms with Gasteiger partial charge < -0.3 is 9.64 Å². The summed E-state index contributed by atoms with van der Waals surface area (Å²) in [6.07, 6.45) is 0.317. The van der Waals surface area contributed by atoms with Crippen molar-refractivity contribution in [2.75, 3.05) is 13.7 Å². The van der Waals surface area contributed by atoms with Crippen molar-refractivity contribution in [3.05, 3.63) is 65.7 Å². The van der Waals surface area contributed by atoms with Gasteiger partial charge in [0.1, 0.15) is 5.75 Å². The van der Waals surface area contributed by atoms with Gasteiger partial charge in [0, 0.05) is 18.7 Å². The van der Waals surface area contributed by atoms with E-state index >= 15 is 0 Å². The summed E-state index contributed by atoms with van der Waals surface area (Å²) in [5.41, 5.74) is 1.55. The Morgan fingerprint density at radius 1 is 1.20 bits per heavy atom. The third-order valence-corrected chi connectivity index (χ3v) is 3.93. The van der Waals surface area contributed by atoms with Crippen LogP contribution in [0.1, 0.15) is 22.3 Å². The molecule has 0 atom stereocenters. The van der Waals surface area contributed by atoms with E-state index in [0.717, 1.165) is 11.3 Å². The fourth-order valence-electron chi connectivity index (χ4n) is 2.23. The van der Waals surface area contributed by atoms with Gasteiger partial charge in [0.2, 0.25) is 0 Å². The van der Waals surface area contributed by atoms with Gasteiger partial charge in [-0.15, -0.1) is 0 Å². The van der Waals surface area contributed by atoms with Gasteiger partial charge in [-0.05, 0) is 42.0 Å². The lowest BCUT2D eigenvalue weighted by atomic mass is 10.2. The zero-order chi connectivity index (χ0) is 18.1. The molecule has 0 aliphatic heterocycles. The van der Waals surface area contributed by atoms with Crippen LogP contribution in [0, 0.1) is 11.3 Å². The summed E-state index contributed by atoms with van der Waals surface area (Å²) in [6.45, 7) is 0.940. The molecule has 1 amide bonds. The minimum atomic E-state index is -0.262. The van der Waals surface area contributed by atoms with E-state index in [0.29, 0.717) is 30.2 Å². The molecule has 128 valence electrons. The van der Waals surface area contributed by atoms with Gasteiger partial charge in [-0.1, -0.05) is 30.3 Å². The van der Waals surface area contributed by atoms with Crippen molar-refractivity contribution in [2.45, 2.75) is 13.0 Å². The molecule has 0 heterocycles. The van der Waals surface area contributed by atoms with Crippen molar-refractivity contribution in [2.24, 2.45) is 0 Å². The minimum Gasteiger partial charge on any atom is -0.497 e. The number of carbonyl (C=O) groups is 1. The molecule has 2 aromatic carbocycles. The first-order chi connectivity index (χ1) is 12.1. The predicted molar refractivity (Wildman–Crippen MR) is 100 cm³/mol. The molecule has 2 aromatic rings. The quantitative estimate of drug-likeness (QED) is 0.808. The van der Waals surface area contributed by atoms with Crippen molar-refractivity contribution >= 4 is 23.2 Å². The average molecular weight is 353 g/mol. The van der Waals surface area contributed by atoms with Gasteiger partial charge >= 0.3 is 0 Å². The lowest BCUT2D eigenvalue weighted by Crippen LogP contribution is -2.42. The number of nitrogens with zero attached hydrogens (tertiary/aromatic N) is 2. The van der Waals surface area contributed by atoms with Gasteiger partial charge in [-0.25, -0.2) is 0 Å². The highest BCUT2D eigenvalue weighted by molar-refractivity contribution is 7.80. The topological polar surface area (TPSA) is 65.4 Å². The molecular weight excluding hydrogens is 334 g/mol. The number of benzene rings is 2. The maximum Gasteiger partial charge on any atom is 0.257 e. The second kappa shape index (κ2) is 9.40. The molecule has 0 saturated carbocycles. The smallest absolute Gasteiger partial charge is 0.257 e. The maximum atomic E-state index is 12.3. The molecule has 0 fully saturated rings. The molecule has 25 heavy (non-hydrogen) atoms. The highest BCUT2D eigenvalue weighted by atomic mass is 32.1. The van der Waals surface area contributed by atoms with Crippen LogP contribution in [0.3, 0.4) is 0 Å². The Labute approximate surface area is 152 Å². The van der Waals surface area contributed by atoms with Crippen molar-refractivity contribution in [1.82, 2.24) is 10.2 Å². The molecule has 1 N–H and O–H groups in total. The third kappa shape index (κ3) is 5.59. The van der Waals surface area contributed by atoms with Gasteiger partial charge in [0.25, 0.3) is 5.91 Å². The number of thiocarbonyl (C=S) groups is 1. The summed E-state index contributed by atoms with van der Waals surface area (Å²) in [4.78, 5) is 14.1. The number of rotatable bonds is 6. The highest BCUT2D eigenvalue weighted by Crippen LogP contribution is 2.13. The number of nitriles is 1. The molecule has 0 spiro atoms. The first-order valence-electron chi connectivity index (χ1n) is 7.79. The van der Waals surface area contributed by atoms with Crippen molar-refractivity contribution in [1.29, 1.82) is 5.26 Å². The number of carbonyl (C=O) groups excluding carboxylic acids is 1. The number of nitrogens with one attached hydrogen (secondary N) is 1. The molecule has 0 aromatic heterocycles. The van der Waals surface area contributed by atoms with Crippen molar-refractivity contribution in [3.8, 4) is 11.8 Å². The van der Waals surface area contributed by atoms with E-state index in [-0.39, 0.29) is 5.91 Å². The molecule has 0 radical (unpaired) electrons. The first kappa shape index (κ1) is 18.4. The summed E-state index contributed by atoms with van der Waals surface area (Å²) in [6, 6.07) is 18.6. The van der Waals surface area contributed by atoms with Gasteiger partial charge in [-0.3, -0.25) is 10.1 Å². The summed E-state index contributed by atoms with van der Waals surface area (Å²) in [5, 5.41) is 11.9. The summed E-state index contributed by atoms with van der Waals surface area (Å²) < 4.78 is 5.15. The van der Waals surface area contributed by atoms with Crippen LogP contribution in [0.5, 0.6) is 5.75 Å². The van der Waals surface area contributed by atoms with E-state index < -0.39 is 0 Å². The normalized spacial score (nSPS) is 9.76. The van der Waals surface area contributed by atoms with Crippen molar-refractivity contribution < 1.29 is 9.53 Å². The van der Waals surface area contributed by atoms with Crippen LogP contribution in [0.4, 0.5) is 0 Å². The fourth-order valence-corrected chi connectivity index (χ4v) is 2.48. The van der Waals surface area contributed by atoms with Crippen LogP contribution in [0.15, 0.2) is 54.6 Å². The minimum absolute atomic E-state index is 0.262. The number of amides is 1. The number of ether oxygens (including phenoxy) is 1. The first-order valence-corrected chi connectivity index (χ1v) is 8.20. The van der Waals surface area contributed by atoms with Crippen LogP contribution in [-0.4, -0.2) is 29.6 Å². The predicted octanol–water partition coefficient (Wildman–Crippen LogP) is 3.13. The monoisotopic (exact) mass is 353 g/mol. The lowest BCUT2D eigenvalue weighted by molar-refractivity contribution is 0.0973. The Hall–Kier alpha value is -2.91. The van der Waals surface area contributed by atoms with E-state index in [4.69, 9.17) is 22.2 Å². The summed E-state index contributed by atoms with van der Waals surface area (Å²) in [5.74, 6) is 0.509. The Bertz CT molecular complexity index is 754. The zero-order valence-electron chi connectivity index (χ0n) is 13.9. The van der Waals surface area contributed by atoms with E-state index in [1.807, 2.05) is 30.3 Å². The third-order valence-electron chi connectivity index (χ3n) is 3.57. The lowest BCUT2D eigenvalue weighted by Gasteiger charge is -2.24. The van der Waals surface area contributed by atoms with Gasteiger partial charge in [0.15, 0.2) is 5.11 Å². The summed E-state index contributed by atoms with van der Waals surface area (Å²) in [7, 11) is 1.61. The molecule has 5 nitrogen and oxygen atoms in total. The fraction of sp³-hybridized carbons (Fsp3) is 0.211. The Morgan fingerprint density at radius 3 is 2.48 bits per heavy atom. The Balaban J connectivity index is 2.05. The average Bonchev–Trinajstić information content (AvgIpc) is 2.66. The van der Waals surface area contributed by atoms with E-state index in [1.165, 1.54) is 0 Å². The molecule has 2 rings (SSSR count). The maximum absolute atomic E-state index is 12.3. The second-order valence-corrected chi connectivity index (χ2v) is 5.69. The van der Waals surface area contributed by atoms with E-state index in [2.05, 4.69) is 11.4 Å². The Morgan fingerprint density at radius 2 is 1.88 bits per heavy atom. The number of methoxy groups -OCH3 is 1. The van der Waals surface area contributed by atoms with Crippen LogP contribution in [0.2, 0.25) is 0 Å². The molecule has 0 unspecified atom stereocenters. The molecule has 0 aliphatic rings. The molecule has 6 heteroatoms. The van der Waals surface area contributed by atoms with Crippen molar-refractivity contribution in [3.63, 3.8) is 0 Å². The molecule has 0 bridgehead atoms. The number of hydrogen-bond donors (Lipinski definition) is 1.